The number of hydroxylamine groups is 2. The summed E-state index contributed by atoms with van der Waals surface area (Å²) in [6, 6.07) is 0. The molecule has 0 radical (unpaired) electrons. The lowest BCUT2D eigenvalue weighted by Crippen LogP contribution is -2.22. The fourth-order valence-corrected chi connectivity index (χ4v) is 2.77. The van der Waals surface area contributed by atoms with Crippen molar-refractivity contribution in [2.24, 2.45) is 5.92 Å². The van der Waals surface area contributed by atoms with E-state index in [9.17, 15) is 5.21 Å². The number of nitrogens with zero attached hydrogens (tertiary/aromatic N) is 1. The third kappa shape index (κ3) is 1.18. The predicted octanol–water partition coefficient (Wildman–Crippen LogP) is 1.55. The minimum Gasteiger partial charge on any atom is -0.313 e. The number of hydrogen-bond donors (Lipinski definition) is 1. The Morgan fingerprint density at radius 3 is 3.20 bits per heavy atom. The van der Waals surface area contributed by atoms with Crippen LogP contribution in [-0.2, 0) is 0 Å². The van der Waals surface area contributed by atoms with Gasteiger partial charge in [-0.05, 0) is 18.8 Å². The number of fused-ring (bicyclic) bond motifs is 1. The van der Waals surface area contributed by atoms with Crippen LogP contribution < -0.4 is 0 Å². The lowest BCUT2D eigenvalue weighted by atomic mass is 10.0. The lowest BCUT2D eigenvalue weighted by molar-refractivity contribution is -0.0904. The van der Waals surface area contributed by atoms with E-state index < -0.39 is 0 Å². The molecule has 2 rings (SSSR count). The molecular weight excluding hydrogens is 146 g/mol. The Kier molecular flexibility index (Phi) is 1.66. The van der Waals surface area contributed by atoms with Gasteiger partial charge in [0.15, 0.2) is 0 Å². The second kappa shape index (κ2) is 2.40. The van der Waals surface area contributed by atoms with E-state index >= 15 is 0 Å². The summed E-state index contributed by atoms with van der Waals surface area (Å²) in [4.78, 5) is 0. The largest absolute Gasteiger partial charge is 0.313 e. The van der Waals surface area contributed by atoms with Crippen LogP contribution in [0.3, 0.4) is 0 Å². The number of thioether (sulfide) groups is 1. The summed E-state index contributed by atoms with van der Waals surface area (Å²) in [5.41, 5.74) is 0. The molecule has 2 nitrogen and oxygen atoms in total. The SMILES string of the molecule is CC1CCN(O)C2SC2C1. The summed E-state index contributed by atoms with van der Waals surface area (Å²) in [7, 11) is 0. The maximum absolute atomic E-state index is 9.33. The molecule has 0 spiro atoms. The van der Waals surface area contributed by atoms with Crippen LogP contribution in [0.5, 0.6) is 0 Å². The summed E-state index contributed by atoms with van der Waals surface area (Å²) in [5, 5.41) is 12.0. The van der Waals surface area contributed by atoms with Gasteiger partial charge in [-0.15, -0.1) is 11.8 Å². The first-order valence-corrected chi connectivity index (χ1v) is 4.82. The van der Waals surface area contributed by atoms with Gasteiger partial charge in [0.05, 0.1) is 5.37 Å². The second-order valence-corrected chi connectivity index (χ2v) is 4.72. The van der Waals surface area contributed by atoms with Gasteiger partial charge in [-0.1, -0.05) is 6.92 Å². The van der Waals surface area contributed by atoms with Gasteiger partial charge in [-0.2, -0.15) is 5.06 Å². The second-order valence-electron chi connectivity index (χ2n) is 3.36. The van der Waals surface area contributed by atoms with Gasteiger partial charge >= 0.3 is 0 Å². The van der Waals surface area contributed by atoms with Gasteiger partial charge in [0.25, 0.3) is 0 Å². The van der Waals surface area contributed by atoms with E-state index in [0.29, 0.717) is 5.37 Å². The fourth-order valence-electron chi connectivity index (χ4n) is 1.56. The molecule has 10 heavy (non-hydrogen) atoms. The summed E-state index contributed by atoms with van der Waals surface area (Å²) in [6.45, 7) is 3.14. The van der Waals surface area contributed by atoms with Crippen molar-refractivity contribution >= 4 is 11.8 Å². The quantitative estimate of drug-likeness (QED) is 0.542. The highest BCUT2D eigenvalue weighted by molar-refractivity contribution is 8.07. The molecule has 3 unspecified atom stereocenters. The van der Waals surface area contributed by atoms with Gasteiger partial charge in [-0.3, -0.25) is 0 Å². The van der Waals surface area contributed by atoms with Crippen molar-refractivity contribution in [1.82, 2.24) is 5.06 Å². The van der Waals surface area contributed by atoms with Gasteiger partial charge < -0.3 is 5.21 Å². The Morgan fingerprint density at radius 2 is 2.40 bits per heavy atom. The smallest absolute Gasteiger partial charge is 0.0925 e. The van der Waals surface area contributed by atoms with Crippen LogP contribution in [0, 0.1) is 5.92 Å². The van der Waals surface area contributed by atoms with Crippen LogP contribution in [0.2, 0.25) is 0 Å². The number of rotatable bonds is 0. The molecule has 0 aromatic heterocycles. The standard InChI is InChI=1S/C7H13NOS/c1-5-2-3-8(9)7-6(4-5)10-7/h5-7,9H,2-4H2,1H3. The Labute approximate surface area is 65.5 Å². The van der Waals surface area contributed by atoms with Crippen molar-refractivity contribution in [2.45, 2.75) is 30.4 Å². The van der Waals surface area contributed by atoms with Crippen molar-refractivity contribution < 1.29 is 5.21 Å². The molecule has 0 saturated carbocycles. The monoisotopic (exact) mass is 159 g/mol. The molecule has 0 aromatic rings. The maximum Gasteiger partial charge on any atom is 0.0925 e. The molecule has 58 valence electrons. The fraction of sp³-hybridized carbons (Fsp3) is 1.00. The normalized spacial score (nSPS) is 48.0. The lowest BCUT2D eigenvalue weighted by Gasteiger charge is -2.11. The first-order chi connectivity index (χ1) is 4.77. The van der Waals surface area contributed by atoms with E-state index in [4.69, 9.17) is 0 Å². The Bertz CT molecular complexity index is 142. The van der Waals surface area contributed by atoms with Gasteiger partial charge in [0.2, 0.25) is 0 Å². The molecule has 3 heteroatoms. The third-order valence-electron chi connectivity index (χ3n) is 2.34. The Balaban J connectivity index is 1.97. The van der Waals surface area contributed by atoms with Crippen molar-refractivity contribution in [2.75, 3.05) is 6.54 Å². The molecule has 0 aliphatic carbocycles. The zero-order valence-corrected chi connectivity index (χ0v) is 6.97. The van der Waals surface area contributed by atoms with Crippen molar-refractivity contribution in [1.29, 1.82) is 0 Å². The van der Waals surface area contributed by atoms with Crippen molar-refractivity contribution in [3.8, 4) is 0 Å². The first kappa shape index (κ1) is 6.95. The third-order valence-corrected chi connectivity index (χ3v) is 3.67. The Hall–Kier alpha value is 0.270. The molecular formula is C7H13NOS. The van der Waals surface area contributed by atoms with Gasteiger partial charge in [0, 0.05) is 11.8 Å². The van der Waals surface area contributed by atoms with E-state index in [-0.39, 0.29) is 0 Å². The summed E-state index contributed by atoms with van der Waals surface area (Å²) < 4.78 is 0. The molecule has 0 aromatic carbocycles. The Morgan fingerprint density at radius 1 is 1.60 bits per heavy atom. The summed E-state index contributed by atoms with van der Waals surface area (Å²) in [5.74, 6) is 0.805. The molecule has 2 aliphatic heterocycles. The van der Waals surface area contributed by atoms with E-state index in [1.807, 2.05) is 11.8 Å². The van der Waals surface area contributed by atoms with Crippen LogP contribution in [0.1, 0.15) is 19.8 Å². The molecule has 1 N–H and O–H groups in total. The van der Waals surface area contributed by atoms with E-state index in [1.54, 1.807) is 0 Å². The molecule has 2 aliphatic rings. The molecule has 2 heterocycles. The summed E-state index contributed by atoms with van der Waals surface area (Å²) in [6.07, 6.45) is 2.45. The van der Waals surface area contributed by atoms with Gasteiger partial charge in [-0.25, -0.2) is 0 Å². The number of hydrogen-bond acceptors (Lipinski definition) is 3. The predicted molar refractivity (Wildman–Crippen MR) is 42.1 cm³/mol. The zero-order valence-electron chi connectivity index (χ0n) is 6.16. The van der Waals surface area contributed by atoms with Crippen molar-refractivity contribution in [3.63, 3.8) is 0 Å². The minimum atomic E-state index is 0.449. The van der Waals surface area contributed by atoms with Crippen LogP contribution in [-0.4, -0.2) is 27.4 Å². The molecule has 2 saturated heterocycles. The zero-order chi connectivity index (χ0) is 7.14. The molecule has 0 amide bonds. The summed E-state index contributed by atoms with van der Waals surface area (Å²) >= 11 is 1.90. The van der Waals surface area contributed by atoms with Crippen LogP contribution in [0.4, 0.5) is 0 Å². The van der Waals surface area contributed by atoms with Crippen LogP contribution in [0.15, 0.2) is 0 Å². The average molecular weight is 159 g/mol. The van der Waals surface area contributed by atoms with Crippen LogP contribution >= 0.6 is 11.8 Å². The highest BCUT2D eigenvalue weighted by atomic mass is 32.2. The average Bonchev–Trinajstić information content (AvgIpc) is 2.60. The highest BCUT2D eigenvalue weighted by Crippen LogP contribution is 2.48. The van der Waals surface area contributed by atoms with Crippen LogP contribution in [0.25, 0.3) is 0 Å². The molecule has 3 atom stereocenters. The topological polar surface area (TPSA) is 23.5 Å². The minimum absolute atomic E-state index is 0.449. The molecule has 2 fully saturated rings. The van der Waals surface area contributed by atoms with E-state index in [2.05, 4.69) is 6.92 Å². The first-order valence-electron chi connectivity index (χ1n) is 3.88. The van der Waals surface area contributed by atoms with E-state index in [0.717, 1.165) is 24.1 Å². The maximum atomic E-state index is 9.33. The van der Waals surface area contributed by atoms with Crippen molar-refractivity contribution in [3.05, 3.63) is 0 Å². The highest BCUT2D eigenvalue weighted by Gasteiger charge is 2.45. The van der Waals surface area contributed by atoms with E-state index in [1.165, 1.54) is 11.5 Å². The van der Waals surface area contributed by atoms with Gasteiger partial charge in [0.1, 0.15) is 0 Å². The molecule has 0 bridgehead atoms.